The fourth-order valence-corrected chi connectivity index (χ4v) is 15.2. The summed E-state index contributed by atoms with van der Waals surface area (Å²) in [5, 5.41) is -2.20. The molecule has 24 nitrogen and oxygen atoms in total. The van der Waals surface area contributed by atoms with Crippen LogP contribution in [0.3, 0.4) is 0 Å². The van der Waals surface area contributed by atoms with Crippen LogP contribution in [0.2, 0.25) is 0 Å². The van der Waals surface area contributed by atoms with Gasteiger partial charge in [0.1, 0.15) is 20.8 Å². The SMILES string of the molecule is CC1(C)C[C@H](CCCN2C(=O)c3ccccc3C2=O)CN1c1nc(Br)ccc1C(=O)NS(=O)(=O)c1cccc(F)n1.CC1(C)C[C@H](CCCN2C(=O)c3ccccc3C2=O)CN1c1nc(Br)ccc1C(N)=O.O=S(=O)(Cl)c1cccc(F)n1.O=S(=O)(Oc1c(F)c(F)c(F)c(F)c1F)c1cccc(F)n1. The molecule has 0 spiro atoms. The lowest BCUT2D eigenvalue weighted by Gasteiger charge is -2.33. The second-order valence-corrected chi connectivity index (χ2v) is 32.2. The number of imide groups is 2. The first-order valence-corrected chi connectivity index (χ1v) is 37.9. The summed E-state index contributed by atoms with van der Waals surface area (Å²) in [5.41, 5.74) is 7.20. The molecule has 12 rings (SSSR count). The van der Waals surface area contributed by atoms with E-state index < -0.39 is 114 Å². The zero-order valence-corrected chi connectivity index (χ0v) is 61.5. The van der Waals surface area contributed by atoms with Crippen molar-refractivity contribution in [1.82, 2.24) is 39.4 Å². The molecule has 4 aliphatic heterocycles. The lowest BCUT2D eigenvalue weighted by molar-refractivity contribution is 0.0634. The maximum Gasteiger partial charge on any atom is 0.357 e. The van der Waals surface area contributed by atoms with Gasteiger partial charge in [-0.05, 0) is 195 Å². The normalized spacial score (nSPS) is 16.5. The molecule has 4 aliphatic rings. The van der Waals surface area contributed by atoms with E-state index in [0.29, 0.717) is 86.7 Å². The first-order valence-electron chi connectivity index (χ1n) is 31.1. The number of anilines is 2. The average Bonchev–Trinajstić information content (AvgIpc) is 1.78. The van der Waals surface area contributed by atoms with E-state index in [1.165, 1.54) is 34.1 Å². The number of nitrogens with two attached hydrogens (primary N) is 1. The van der Waals surface area contributed by atoms with E-state index in [-0.39, 0.29) is 40.6 Å². The number of carbonyl (C=O) groups excluding carboxylic acids is 6. The van der Waals surface area contributed by atoms with E-state index >= 15 is 0 Å². The maximum atomic E-state index is 13.5. The van der Waals surface area contributed by atoms with Crippen molar-refractivity contribution in [2.45, 2.75) is 92.4 Å². The van der Waals surface area contributed by atoms with Crippen LogP contribution < -0.4 is 24.4 Å². The molecule has 2 saturated heterocycles. The van der Waals surface area contributed by atoms with Crippen LogP contribution in [0.5, 0.6) is 5.75 Å². The van der Waals surface area contributed by atoms with E-state index in [1.807, 2.05) is 23.5 Å². The molecule has 0 bridgehead atoms. The van der Waals surface area contributed by atoms with Crippen molar-refractivity contribution in [1.29, 1.82) is 0 Å². The first-order chi connectivity index (χ1) is 49.2. The number of sulfonamides is 1. The van der Waals surface area contributed by atoms with Gasteiger partial charge in [-0.3, -0.25) is 38.6 Å². The Bertz CT molecular complexity index is 5060. The highest BCUT2D eigenvalue weighted by molar-refractivity contribution is 9.10. The third kappa shape index (κ3) is 18.3. The van der Waals surface area contributed by atoms with E-state index in [2.05, 4.69) is 79.7 Å². The van der Waals surface area contributed by atoms with E-state index in [1.54, 1.807) is 60.7 Å². The predicted octanol–water partition coefficient (Wildman–Crippen LogP) is 11.6. The van der Waals surface area contributed by atoms with Crippen molar-refractivity contribution < 1.29 is 93.3 Å². The number of benzene rings is 3. The number of aromatic nitrogens is 5. The third-order valence-corrected chi connectivity index (χ3v) is 21.2. The Labute approximate surface area is 616 Å². The zero-order chi connectivity index (χ0) is 77.0. The molecule has 5 aromatic heterocycles. The van der Waals surface area contributed by atoms with Gasteiger partial charge in [0.2, 0.25) is 52.7 Å². The van der Waals surface area contributed by atoms with Gasteiger partial charge in [0.15, 0.2) is 15.1 Å². The van der Waals surface area contributed by atoms with Crippen molar-refractivity contribution in [3.05, 3.63) is 217 Å². The lowest BCUT2D eigenvalue weighted by atomic mass is 9.93. The summed E-state index contributed by atoms with van der Waals surface area (Å²) in [5.74, 6) is -18.4. The summed E-state index contributed by atoms with van der Waals surface area (Å²) in [6.07, 6.45) is 4.60. The van der Waals surface area contributed by atoms with E-state index in [4.69, 9.17) is 16.4 Å². The first kappa shape index (κ1) is 79.7. The molecule has 0 saturated carbocycles. The number of nitrogens with one attached hydrogen (secondary N) is 1. The van der Waals surface area contributed by atoms with Crippen LogP contribution in [0.15, 0.2) is 152 Å². The van der Waals surface area contributed by atoms with Crippen LogP contribution in [0.1, 0.15) is 128 Å². The summed E-state index contributed by atoms with van der Waals surface area (Å²) in [6, 6.07) is 29.2. The number of pyridine rings is 5. The molecule has 3 N–H and O–H groups in total. The van der Waals surface area contributed by atoms with Gasteiger partial charge in [-0.15, -0.1) is 0 Å². The molecule has 9 heterocycles. The molecule has 8 aromatic rings. The largest absolute Gasteiger partial charge is 0.371 e. The van der Waals surface area contributed by atoms with E-state index in [0.717, 1.165) is 75.0 Å². The van der Waals surface area contributed by atoms with Gasteiger partial charge in [-0.1, -0.05) is 42.5 Å². The number of halogens is 11. The van der Waals surface area contributed by atoms with Gasteiger partial charge in [0, 0.05) is 47.9 Å². The number of rotatable bonds is 18. The number of carbonyl (C=O) groups is 6. The van der Waals surface area contributed by atoms with Gasteiger partial charge in [0.05, 0.1) is 33.4 Å². The second kappa shape index (κ2) is 32.1. The highest BCUT2D eigenvalue weighted by atomic mass is 79.9. The summed E-state index contributed by atoms with van der Waals surface area (Å²) >= 11 is 6.73. The number of hydrogen-bond acceptors (Lipinski definition) is 20. The molecule has 38 heteroatoms. The van der Waals surface area contributed by atoms with Crippen molar-refractivity contribution in [3.8, 4) is 5.75 Å². The smallest absolute Gasteiger partial charge is 0.357 e. The van der Waals surface area contributed by atoms with Crippen LogP contribution in [0.25, 0.3) is 0 Å². The number of primary amides is 1. The summed E-state index contributed by atoms with van der Waals surface area (Å²) in [7, 11) is -8.58. The van der Waals surface area contributed by atoms with Gasteiger partial charge >= 0.3 is 10.1 Å². The topological polar surface area (TPSA) is 330 Å². The van der Waals surface area contributed by atoms with Crippen molar-refractivity contribution in [3.63, 3.8) is 0 Å². The molecule has 0 radical (unpaired) electrons. The minimum Gasteiger partial charge on any atom is -0.371 e. The fraction of sp³-hybridized carbons (Fsp3) is 0.269. The van der Waals surface area contributed by atoms with Crippen molar-refractivity contribution in [2.75, 3.05) is 36.0 Å². The molecule has 2 atom stereocenters. The highest BCUT2D eigenvalue weighted by Gasteiger charge is 2.44. The molecule has 0 aliphatic carbocycles. The molecule has 105 heavy (non-hydrogen) atoms. The lowest BCUT2D eigenvalue weighted by Crippen LogP contribution is -2.41. The Hall–Kier alpha value is -9.43. The summed E-state index contributed by atoms with van der Waals surface area (Å²) in [6.45, 7) is 10.2. The third-order valence-electron chi connectivity index (χ3n) is 16.8. The van der Waals surface area contributed by atoms with Gasteiger partial charge in [-0.2, -0.15) is 38.8 Å². The highest BCUT2D eigenvalue weighted by Crippen LogP contribution is 2.42. The number of fused-ring (bicyclic) bond motifs is 2. The molecule has 6 amide bonds. The van der Waals surface area contributed by atoms with Gasteiger partial charge in [0.25, 0.3) is 54.5 Å². The molecular formula is C67H58Br2ClF8N11O13S3. The Morgan fingerprint density at radius 1 is 0.514 bits per heavy atom. The minimum absolute atomic E-state index is 0.0351. The van der Waals surface area contributed by atoms with Gasteiger partial charge in [-0.25, -0.2) is 51.2 Å². The number of hydrogen-bond donors (Lipinski definition) is 2. The van der Waals surface area contributed by atoms with Crippen molar-refractivity contribution >= 4 is 119 Å². The Balaban J connectivity index is 0.000000176. The monoisotopic (exact) mass is 1670 g/mol. The van der Waals surface area contributed by atoms with Crippen LogP contribution in [-0.4, -0.2) is 133 Å². The Kier molecular flexibility index (Phi) is 24.4. The predicted molar refractivity (Wildman–Crippen MR) is 368 cm³/mol. The van der Waals surface area contributed by atoms with Crippen LogP contribution in [0.4, 0.5) is 46.8 Å². The van der Waals surface area contributed by atoms with E-state index in [9.17, 15) is 89.1 Å². The maximum absolute atomic E-state index is 13.5. The minimum atomic E-state index is -5.11. The van der Waals surface area contributed by atoms with Crippen LogP contribution >= 0.6 is 42.5 Å². The average molecular weight is 1670 g/mol. The molecule has 0 unspecified atom stereocenters. The molecule has 554 valence electrons. The van der Waals surface area contributed by atoms with Crippen LogP contribution in [0, 0.1) is 58.8 Å². The molecule has 2 fully saturated rings. The summed E-state index contributed by atoms with van der Waals surface area (Å²) in [4.78, 5) is 101. The molecule has 3 aromatic carbocycles. The van der Waals surface area contributed by atoms with Crippen molar-refractivity contribution in [2.24, 2.45) is 17.6 Å². The number of nitrogens with zero attached hydrogens (tertiary/aromatic N) is 9. The quantitative estimate of drug-likeness (QED) is 0.0153. The standard InChI is InChI=1S/C28H27BrFN5O5S.C23H25BrN4O3.C11H3F6NO3S.C5H3ClFNO2S/c1-28(2)15-17(7-6-14-34-26(37)18-8-3-4-9-19(18)27(34)38)16-35(28)24-20(12-13-21(29)31-24)25(36)33-41(39,40)23-11-5-10-22(30)32-23;1-23(2)12-14(13-28(23)20-17(19(25)29)9-10-18(24)26-20)6-5-11-27-21(30)15-7-3-4-8-16(15)22(27)31;12-4-2-1-3-5(18-4)22(19,20)21-11-9(16)7(14)6(13)8(15)10(11)17;6-11(9,10)5-3-1-2-4(7)8-5/h3-5,8-13,17H,6-7,14-16H2,1-2H3,(H,33,36);3-4,7-10,14H,5-6,11-13H2,1-2H3,(H2,25,29);1-3H;1-3H/t17-;14-;;/m00../s1. The second-order valence-electron chi connectivity index (χ2n) is 25.0. The fourth-order valence-electron chi connectivity index (χ4n) is 12.1. The molecular weight excluding hydrogens is 1610 g/mol. The Morgan fingerprint density at radius 2 is 0.876 bits per heavy atom. The Morgan fingerprint density at radius 3 is 1.27 bits per heavy atom. The number of amides is 6. The zero-order valence-electron chi connectivity index (χ0n) is 55.1. The van der Waals surface area contributed by atoms with Crippen LogP contribution in [-0.2, 0) is 29.2 Å². The van der Waals surface area contributed by atoms with Gasteiger partial charge < -0.3 is 19.7 Å². The summed E-state index contributed by atoms with van der Waals surface area (Å²) < 4.78 is 181.